The topological polar surface area (TPSA) is 75.6 Å². The van der Waals surface area contributed by atoms with Crippen LogP contribution in [0.5, 0.6) is 0 Å². The highest BCUT2D eigenvalue weighted by atomic mass is 35.5. The first-order valence-corrected chi connectivity index (χ1v) is 13.5. The molecule has 1 aromatic carbocycles. The first-order chi connectivity index (χ1) is 18.4. The molecule has 1 fully saturated rings. The van der Waals surface area contributed by atoms with Gasteiger partial charge in [-0.3, -0.25) is 14.8 Å². The van der Waals surface area contributed by atoms with Crippen LogP contribution in [-0.4, -0.2) is 64.1 Å². The fraction of sp³-hybridized carbons (Fsp3) is 0.400. The molecular formula is C30H31ClN4O3. The van der Waals surface area contributed by atoms with Gasteiger partial charge < -0.3 is 14.5 Å². The van der Waals surface area contributed by atoms with Crippen LogP contribution in [0.4, 0.5) is 4.79 Å². The van der Waals surface area contributed by atoms with Crippen molar-refractivity contribution in [1.82, 2.24) is 19.8 Å². The maximum atomic E-state index is 13.4. The summed E-state index contributed by atoms with van der Waals surface area (Å²) < 4.78 is 5.28. The fourth-order valence-corrected chi connectivity index (χ4v) is 5.74. The van der Waals surface area contributed by atoms with Gasteiger partial charge in [0.1, 0.15) is 0 Å². The highest BCUT2D eigenvalue weighted by Crippen LogP contribution is 2.38. The third-order valence-corrected chi connectivity index (χ3v) is 7.91. The number of piperazine rings is 1. The molecular weight excluding hydrogens is 500 g/mol. The normalized spacial score (nSPS) is 19.1. The van der Waals surface area contributed by atoms with Crippen molar-refractivity contribution in [2.24, 2.45) is 0 Å². The number of halogens is 1. The van der Waals surface area contributed by atoms with Gasteiger partial charge in [-0.25, -0.2) is 4.79 Å². The third kappa shape index (κ3) is 5.06. The molecule has 0 radical (unpaired) electrons. The summed E-state index contributed by atoms with van der Waals surface area (Å²) in [5.41, 5.74) is 5.08. The van der Waals surface area contributed by atoms with Gasteiger partial charge in [0.25, 0.3) is 5.91 Å². The highest BCUT2D eigenvalue weighted by molar-refractivity contribution is 6.36. The summed E-state index contributed by atoms with van der Waals surface area (Å²) >= 11 is 6.85. The van der Waals surface area contributed by atoms with Gasteiger partial charge in [-0.2, -0.15) is 0 Å². The number of amides is 2. The van der Waals surface area contributed by atoms with Gasteiger partial charge in [0.15, 0.2) is 0 Å². The number of nitrogens with zero attached hydrogens (tertiary/aromatic N) is 4. The van der Waals surface area contributed by atoms with Gasteiger partial charge in [-0.1, -0.05) is 30.5 Å². The third-order valence-electron chi connectivity index (χ3n) is 7.48. The maximum absolute atomic E-state index is 13.4. The zero-order chi connectivity index (χ0) is 26.8. The number of carbonyl (C=O) groups is 2. The van der Waals surface area contributed by atoms with Gasteiger partial charge in [-0.15, -0.1) is 6.42 Å². The van der Waals surface area contributed by atoms with Gasteiger partial charge in [-0.05, 0) is 62.4 Å². The van der Waals surface area contributed by atoms with Crippen LogP contribution >= 0.6 is 11.6 Å². The molecule has 2 atom stereocenters. The number of terminal acetylenes is 1. The summed E-state index contributed by atoms with van der Waals surface area (Å²) in [6, 6.07) is 9.34. The first-order valence-electron chi connectivity index (χ1n) is 13.2. The van der Waals surface area contributed by atoms with Crippen LogP contribution < -0.4 is 0 Å². The summed E-state index contributed by atoms with van der Waals surface area (Å²) in [4.78, 5) is 38.7. The average Bonchev–Trinajstić information content (AvgIpc) is 2.95. The average molecular weight is 531 g/mol. The van der Waals surface area contributed by atoms with Crippen molar-refractivity contribution in [3.05, 3.63) is 69.6 Å². The Kier molecular flexibility index (Phi) is 7.53. The number of ether oxygens (including phenoxy) is 1. The van der Waals surface area contributed by atoms with Crippen LogP contribution in [0.2, 0.25) is 5.02 Å². The number of pyridine rings is 2. The maximum Gasteiger partial charge on any atom is 0.410 e. The van der Waals surface area contributed by atoms with Crippen LogP contribution in [0, 0.1) is 12.3 Å². The van der Waals surface area contributed by atoms with E-state index in [1.807, 2.05) is 44.2 Å². The number of rotatable bonds is 4. The van der Waals surface area contributed by atoms with Crippen LogP contribution in [-0.2, 0) is 17.6 Å². The zero-order valence-corrected chi connectivity index (χ0v) is 22.5. The molecule has 1 aliphatic carbocycles. The second-order valence-corrected chi connectivity index (χ2v) is 10.4. The fourth-order valence-electron chi connectivity index (χ4n) is 5.37. The summed E-state index contributed by atoms with van der Waals surface area (Å²) in [6.45, 7) is 5.64. The van der Waals surface area contributed by atoms with Gasteiger partial charge in [0, 0.05) is 65.7 Å². The van der Waals surface area contributed by atoms with Gasteiger partial charge in [0.2, 0.25) is 0 Å². The number of hydrogen-bond donors (Lipinski definition) is 0. The Morgan fingerprint density at radius 1 is 1.24 bits per heavy atom. The number of fused-ring (bicyclic) bond motifs is 2. The predicted molar refractivity (Wildman–Crippen MR) is 147 cm³/mol. The molecule has 0 bridgehead atoms. The molecule has 8 heteroatoms. The minimum atomic E-state index is -0.318. The lowest BCUT2D eigenvalue weighted by Crippen LogP contribution is -2.55. The molecule has 3 heterocycles. The van der Waals surface area contributed by atoms with Crippen molar-refractivity contribution in [1.29, 1.82) is 0 Å². The number of hydrogen-bond acceptors (Lipinski definition) is 5. The van der Waals surface area contributed by atoms with Crippen molar-refractivity contribution in [3.63, 3.8) is 0 Å². The molecule has 7 nitrogen and oxygen atoms in total. The Morgan fingerprint density at radius 3 is 2.79 bits per heavy atom. The Bertz CT molecular complexity index is 1420. The SMILES string of the molecule is C#Cc1ccc(C2CCc3c(nc4cc(C(=O)N5CCN(C(=O)OCCC)[C@H](C)C5)ccc4c3Cl)C2)nc1. The minimum absolute atomic E-state index is 0.0772. The lowest BCUT2D eigenvalue weighted by molar-refractivity contribution is 0.0412. The molecule has 5 rings (SSSR count). The number of aromatic nitrogens is 2. The monoisotopic (exact) mass is 530 g/mol. The van der Waals surface area contributed by atoms with E-state index in [2.05, 4.69) is 10.9 Å². The van der Waals surface area contributed by atoms with Crippen LogP contribution in [0.3, 0.4) is 0 Å². The van der Waals surface area contributed by atoms with Crippen molar-refractivity contribution in [2.75, 3.05) is 26.2 Å². The number of carbonyl (C=O) groups excluding carboxylic acids is 2. The smallest absolute Gasteiger partial charge is 0.410 e. The van der Waals surface area contributed by atoms with E-state index in [1.165, 1.54) is 0 Å². The van der Waals surface area contributed by atoms with E-state index in [4.69, 9.17) is 27.7 Å². The Morgan fingerprint density at radius 2 is 2.08 bits per heavy atom. The molecule has 0 N–H and O–H groups in total. The van der Waals surface area contributed by atoms with Crippen molar-refractivity contribution < 1.29 is 14.3 Å². The summed E-state index contributed by atoms with van der Waals surface area (Å²) in [5.74, 6) is 2.77. The van der Waals surface area contributed by atoms with E-state index in [9.17, 15) is 9.59 Å². The Labute approximate surface area is 228 Å². The second kappa shape index (κ2) is 11.0. The van der Waals surface area contributed by atoms with E-state index in [-0.39, 0.29) is 24.0 Å². The molecule has 1 saturated heterocycles. The molecule has 3 aromatic rings. The van der Waals surface area contributed by atoms with Crippen LogP contribution in [0.25, 0.3) is 10.9 Å². The molecule has 2 aromatic heterocycles. The van der Waals surface area contributed by atoms with E-state index >= 15 is 0 Å². The van der Waals surface area contributed by atoms with E-state index in [0.717, 1.165) is 53.6 Å². The van der Waals surface area contributed by atoms with E-state index < -0.39 is 0 Å². The minimum Gasteiger partial charge on any atom is -0.449 e. The molecule has 0 saturated carbocycles. The molecule has 1 unspecified atom stereocenters. The quantitative estimate of drug-likeness (QED) is 0.432. The predicted octanol–water partition coefficient (Wildman–Crippen LogP) is 5.23. The molecule has 2 aliphatic rings. The van der Waals surface area contributed by atoms with Crippen molar-refractivity contribution in [2.45, 2.75) is 51.5 Å². The Hall–Kier alpha value is -3.63. The number of benzene rings is 1. The molecule has 196 valence electrons. The van der Waals surface area contributed by atoms with Crippen molar-refractivity contribution in [3.8, 4) is 12.3 Å². The Balaban J connectivity index is 1.35. The summed E-state index contributed by atoms with van der Waals surface area (Å²) in [6.07, 6.45) is 10.2. The molecule has 1 aliphatic heterocycles. The molecule has 38 heavy (non-hydrogen) atoms. The highest BCUT2D eigenvalue weighted by Gasteiger charge is 2.31. The van der Waals surface area contributed by atoms with Gasteiger partial charge >= 0.3 is 6.09 Å². The van der Waals surface area contributed by atoms with Crippen LogP contribution in [0.15, 0.2) is 36.5 Å². The van der Waals surface area contributed by atoms with E-state index in [1.54, 1.807) is 16.0 Å². The summed E-state index contributed by atoms with van der Waals surface area (Å²) in [5, 5.41) is 1.57. The van der Waals surface area contributed by atoms with Crippen LogP contribution in [0.1, 0.15) is 65.5 Å². The lowest BCUT2D eigenvalue weighted by atomic mass is 9.84. The zero-order valence-electron chi connectivity index (χ0n) is 21.7. The first kappa shape index (κ1) is 26.0. The van der Waals surface area contributed by atoms with Crippen molar-refractivity contribution >= 4 is 34.5 Å². The standard InChI is InChI=1S/C30H31ClN4O3/c1-4-14-38-30(37)35-13-12-34(18-19(35)3)29(36)22-8-10-24-27(16-22)33-26-15-21(7-9-23(26)28(24)31)25-11-6-20(5-2)17-32-25/h2,6,8,10-11,16-17,19,21H,4,7,9,12-15,18H2,1,3H3/t19-,21?/m1/s1. The molecule has 0 spiro atoms. The second-order valence-electron chi connectivity index (χ2n) is 10.0. The van der Waals surface area contributed by atoms with E-state index in [0.29, 0.717) is 42.3 Å². The largest absolute Gasteiger partial charge is 0.449 e. The van der Waals surface area contributed by atoms with Gasteiger partial charge in [0.05, 0.1) is 17.1 Å². The summed E-state index contributed by atoms with van der Waals surface area (Å²) in [7, 11) is 0. The molecule has 2 amide bonds. The lowest BCUT2D eigenvalue weighted by Gasteiger charge is -2.39.